The highest BCUT2D eigenvalue weighted by Gasteiger charge is 2.13. The lowest BCUT2D eigenvalue weighted by Gasteiger charge is -2.11. The second kappa shape index (κ2) is 8.16. The first-order valence-electron chi connectivity index (χ1n) is 9.54. The number of H-pyrrole nitrogens is 1. The molecule has 0 aliphatic heterocycles. The number of aromatic nitrogens is 5. The molecule has 2 aromatic carbocycles. The van der Waals surface area contributed by atoms with Crippen LogP contribution in [0.1, 0.15) is 0 Å². The monoisotopic (exact) mass is 472 g/mol. The molecular weight excluding hydrogens is 456 g/mol. The molecule has 0 unspecified atom stereocenters. The van der Waals surface area contributed by atoms with Gasteiger partial charge in [0.05, 0.1) is 18.3 Å². The molecule has 5 aromatic rings. The smallest absolute Gasteiger partial charge is 0.163 e. The molecule has 0 aliphatic carbocycles. The van der Waals surface area contributed by atoms with Gasteiger partial charge in [0.2, 0.25) is 0 Å². The maximum Gasteiger partial charge on any atom is 0.163 e. The summed E-state index contributed by atoms with van der Waals surface area (Å²) >= 11 is 3.50. The Bertz CT molecular complexity index is 1370. The number of hydrogen-bond donors (Lipinski definition) is 2. The van der Waals surface area contributed by atoms with Crippen molar-refractivity contribution >= 4 is 38.5 Å². The van der Waals surface area contributed by atoms with Gasteiger partial charge in [-0.3, -0.25) is 10.1 Å². The van der Waals surface area contributed by atoms with Gasteiger partial charge in [0, 0.05) is 39.4 Å². The Morgan fingerprint density at radius 2 is 1.87 bits per heavy atom. The highest BCUT2D eigenvalue weighted by atomic mass is 79.9. The first-order valence-corrected chi connectivity index (χ1v) is 10.3. The minimum Gasteiger partial charge on any atom is -0.497 e. The van der Waals surface area contributed by atoms with E-state index in [0.29, 0.717) is 11.6 Å². The van der Waals surface area contributed by atoms with Gasteiger partial charge in [-0.05, 0) is 42.5 Å². The number of fused-ring (bicyclic) bond motifs is 1. The van der Waals surface area contributed by atoms with Crippen molar-refractivity contribution in [2.75, 3.05) is 12.4 Å². The molecule has 0 spiro atoms. The van der Waals surface area contributed by atoms with Crippen molar-refractivity contribution in [2.45, 2.75) is 0 Å². The Hall–Kier alpha value is -3.78. The number of nitrogens with one attached hydrogen (secondary N) is 2. The molecule has 0 atom stereocenters. The fraction of sp³-hybridized carbons (Fsp3) is 0.0435. The number of benzene rings is 2. The highest BCUT2D eigenvalue weighted by Crippen LogP contribution is 2.30. The molecule has 3 heterocycles. The Balaban J connectivity index is 1.58. The number of methoxy groups -OCH3 is 1. The third kappa shape index (κ3) is 3.97. The molecule has 0 aliphatic rings. The van der Waals surface area contributed by atoms with Crippen LogP contribution in [0, 0.1) is 0 Å². The van der Waals surface area contributed by atoms with E-state index in [4.69, 9.17) is 14.7 Å². The fourth-order valence-corrected chi connectivity index (χ4v) is 3.66. The van der Waals surface area contributed by atoms with Crippen LogP contribution in [0.4, 0.5) is 11.6 Å². The van der Waals surface area contributed by atoms with Crippen LogP contribution >= 0.6 is 15.9 Å². The minimum atomic E-state index is 0.583. The van der Waals surface area contributed by atoms with Crippen molar-refractivity contribution in [3.63, 3.8) is 0 Å². The van der Waals surface area contributed by atoms with Crippen molar-refractivity contribution < 1.29 is 4.74 Å². The molecule has 0 saturated carbocycles. The number of rotatable bonds is 5. The van der Waals surface area contributed by atoms with Crippen molar-refractivity contribution in [3.8, 4) is 28.4 Å². The molecular formula is C23H17BrN6O. The van der Waals surface area contributed by atoms with E-state index in [-0.39, 0.29) is 0 Å². The van der Waals surface area contributed by atoms with E-state index in [1.165, 1.54) is 0 Å². The largest absolute Gasteiger partial charge is 0.497 e. The minimum absolute atomic E-state index is 0.583. The standard InChI is InChI=1S/C23H17BrN6O/c1-31-17-7-8-19-18(11-17)23(28-22(26-19)15-5-3-9-25-13-15)27-21-12-20(29-30-21)14-4-2-6-16(24)10-14/h2-13H,1H3,(H2,26,27,28,29,30). The van der Waals surface area contributed by atoms with Gasteiger partial charge < -0.3 is 10.1 Å². The highest BCUT2D eigenvalue weighted by molar-refractivity contribution is 9.10. The average molecular weight is 473 g/mol. The van der Waals surface area contributed by atoms with Crippen LogP contribution in [0.15, 0.2) is 77.5 Å². The van der Waals surface area contributed by atoms with E-state index < -0.39 is 0 Å². The molecule has 0 radical (unpaired) electrons. The molecule has 31 heavy (non-hydrogen) atoms. The Morgan fingerprint density at radius 3 is 2.68 bits per heavy atom. The quantitative estimate of drug-likeness (QED) is 0.346. The van der Waals surface area contributed by atoms with Crippen LogP contribution < -0.4 is 10.1 Å². The molecule has 0 bridgehead atoms. The maximum absolute atomic E-state index is 5.40. The summed E-state index contributed by atoms with van der Waals surface area (Å²) in [6.07, 6.45) is 3.47. The van der Waals surface area contributed by atoms with Crippen molar-refractivity contribution in [2.24, 2.45) is 0 Å². The molecule has 0 amide bonds. The molecule has 8 heteroatoms. The summed E-state index contributed by atoms with van der Waals surface area (Å²) in [6, 6.07) is 19.4. The topological polar surface area (TPSA) is 88.6 Å². The van der Waals surface area contributed by atoms with Gasteiger partial charge in [0.15, 0.2) is 5.82 Å². The fourth-order valence-electron chi connectivity index (χ4n) is 3.26. The van der Waals surface area contributed by atoms with Crippen LogP contribution in [0.5, 0.6) is 5.75 Å². The summed E-state index contributed by atoms with van der Waals surface area (Å²) in [4.78, 5) is 13.7. The van der Waals surface area contributed by atoms with E-state index in [9.17, 15) is 0 Å². The van der Waals surface area contributed by atoms with Crippen molar-refractivity contribution in [3.05, 3.63) is 77.5 Å². The van der Waals surface area contributed by atoms with Crippen LogP contribution in [0.3, 0.4) is 0 Å². The van der Waals surface area contributed by atoms with E-state index in [1.807, 2.05) is 60.7 Å². The van der Waals surface area contributed by atoms with Gasteiger partial charge in [0.25, 0.3) is 0 Å². The van der Waals surface area contributed by atoms with Crippen LogP contribution in [0.2, 0.25) is 0 Å². The first kappa shape index (κ1) is 19.2. The predicted octanol–water partition coefficient (Wildman–Crippen LogP) is 5.60. The number of anilines is 2. The summed E-state index contributed by atoms with van der Waals surface area (Å²) in [7, 11) is 1.64. The molecule has 0 saturated heterocycles. The number of ether oxygens (including phenoxy) is 1. The molecule has 2 N–H and O–H groups in total. The normalized spacial score (nSPS) is 10.9. The molecule has 5 rings (SSSR count). The number of halogens is 1. The first-order chi connectivity index (χ1) is 15.2. The summed E-state index contributed by atoms with van der Waals surface area (Å²) in [5, 5.41) is 11.7. The van der Waals surface area contributed by atoms with E-state index in [1.54, 1.807) is 19.5 Å². The van der Waals surface area contributed by atoms with E-state index >= 15 is 0 Å². The van der Waals surface area contributed by atoms with E-state index in [0.717, 1.165) is 43.8 Å². The number of hydrogen-bond acceptors (Lipinski definition) is 6. The lowest BCUT2D eigenvalue weighted by Crippen LogP contribution is -2.00. The Morgan fingerprint density at radius 1 is 0.968 bits per heavy atom. The molecule has 0 fully saturated rings. The molecule has 152 valence electrons. The SMILES string of the molecule is COc1ccc2nc(-c3cccnc3)nc(Nc3cc(-c4cccc(Br)c4)n[nH]3)c2c1. The lowest BCUT2D eigenvalue weighted by atomic mass is 10.1. The van der Waals surface area contributed by atoms with Gasteiger partial charge in [0.1, 0.15) is 17.4 Å². The summed E-state index contributed by atoms with van der Waals surface area (Å²) in [6.45, 7) is 0. The Kier molecular flexibility index (Phi) is 5.05. The van der Waals surface area contributed by atoms with Crippen molar-refractivity contribution in [1.82, 2.24) is 25.1 Å². The molecule has 7 nitrogen and oxygen atoms in total. The average Bonchev–Trinajstić information content (AvgIpc) is 3.28. The van der Waals surface area contributed by atoms with Crippen molar-refractivity contribution in [1.29, 1.82) is 0 Å². The number of pyridine rings is 1. The maximum atomic E-state index is 5.40. The Labute approximate surface area is 186 Å². The number of nitrogens with zero attached hydrogens (tertiary/aromatic N) is 4. The number of aromatic amines is 1. The summed E-state index contributed by atoms with van der Waals surface area (Å²) < 4.78 is 6.40. The van der Waals surface area contributed by atoms with Crippen LogP contribution in [-0.2, 0) is 0 Å². The molecule has 3 aromatic heterocycles. The third-order valence-corrected chi connectivity index (χ3v) is 5.27. The second-order valence-electron chi connectivity index (χ2n) is 6.82. The zero-order chi connectivity index (χ0) is 21.2. The summed E-state index contributed by atoms with van der Waals surface area (Å²) in [5.41, 5.74) is 3.46. The van der Waals surface area contributed by atoms with Gasteiger partial charge in [-0.15, -0.1) is 0 Å². The van der Waals surface area contributed by atoms with Crippen LogP contribution in [0.25, 0.3) is 33.5 Å². The van der Waals surface area contributed by atoms with Crippen LogP contribution in [-0.4, -0.2) is 32.3 Å². The second-order valence-corrected chi connectivity index (χ2v) is 7.74. The van der Waals surface area contributed by atoms with Gasteiger partial charge >= 0.3 is 0 Å². The lowest BCUT2D eigenvalue weighted by molar-refractivity contribution is 0.415. The van der Waals surface area contributed by atoms with E-state index in [2.05, 4.69) is 36.4 Å². The summed E-state index contributed by atoms with van der Waals surface area (Å²) in [5.74, 6) is 2.68. The third-order valence-electron chi connectivity index (χ3n) is 4.77. The van der Waals surface area contributed by atoms with Gasteiger partial charge in [-0.25, -0.2) is 9.97 Å². The van der Waals surface area contributed by atoms with Gasteiger partial charge in [-0.1, -0.05) is 28.1 Å². The van der Waals surface area contributed by atoms with Gasteiger partial charge in [-0.2, -0.15) is 5.10 Å². The zero-order valence-corrected chi connectivity index (χ0v) is 18.1. The predicted molar refractivity (Wildman–Crippen MR) is 124 cm³/mol. The zero-order valence-electron chi connectivity index (χ0n) is 16.5.